The Balaban J connectivity index is 1.09. The Labute approximate surface area is 326 Å². The molecule has 0 atom stereocenters. The molecule has 0 unspecified atom stereocenters. The molecule has 2 saturated carbocycles. The molecule has 7 aromatic rings. The minimum Gasteiger partial charge on any atom is -0.457 e. The summed E-state index contributed by atoms with van der Waals surface area (Å²) in [5.74, 6) is 4.14. The average Bonchev–Trinajstić information content (AvgIpc) is 3.84. The highest BCUT2D eigenvalue weighted by Gasteiger charge is 2.30. The van der Waals surface area contributed by atoms with Crippen molar-refractivity contribution in [3.63, 3.8) is 0 Å². The molecule has 2 fully saturated rings. The van der Waals surface area contributed by atoms with Gasteiger partial charge in [0.25, 0.3) is 0 Å². The van der Waals surface area contributed by atoms with Crippen LogP contribution in [0.2, 0.25) is 0 Å². The van der Waals surface area contributed by atoms with Crippen molar-refractivity contribution in [3.8, 4) is 34.1 Å². The number of fused-ring (bicyclic) bond motifs is 3. The fourth-order valence-corrected chi connectivity index (χ4v) is 9.91. The van der Waals surface area contributed by atoms with Crippen molar-refractivity contribution in [2.75, 3.05) is 0 Å². The lowest BCUT2D eigenvalue weighted by atomic mass is 9.71. The molecule has 2 aliphatic carbocycles. The second kappa shape index (κ2) is 14.8. The minimum atomic E-state index is 0.412. The first-order valence-corrected chi connectivity index (χ1v) is 20.8. The SMILES string of the molecule is Cc1c(C)c(C2CCCCC2)c(-c2cnn(-c3cccc(Oc4ccc5c6ccccc6n(-c6cc(C(C)C)ccn6)c5c4)c3)c2)c(C2CCCCC2)c1C. The number of hydrogen-bond donors (Lipinski definition) is 0. The van der Waals surface area contributed by atoms with Gasteiger partial charge in [0, 0.05) is 40.9 Å². The van der Waals surface area contributed by atoms with Crippen LogP contribution in [0.1, 0.15) is 129 Å². The zero-order valence-electron chi connectivity index (χ0n) is 33.2. The van der Waals surface area contributed by atoms with Crippen LogP contribution in [0.5, 0.6) is 11.5 Å². The van der Waals surface area contributed by atoms with Gasteiger partial charge in [-0.1, -0.05) is 76.6 Å². The van der Waals surface area contributed by atoms with Crippen molar-refractivity contribution in [1.82, 2.24) is 19.3 Å². The summed E-state index contributed by atoms with van der Waals surface area (Å²) in [7, 11) is 0. The maximum Gasteiger partial charge on any atom is 0.137 e. The topological polar surface area (TPSA) is 44.9 Å². The molecule has 5 nitrogen and oxygen atoms in total. The van der Waals surface area contributed by atoms with Crippen LogP contribution in [0.25, 0.3) is 44.4 Å². The second-order valence-corrected chi connectivity index (χ2v) is 16.7. The summed E-state index contributed by atoms with van der Waals surface area (Å²) in [6.45, 7) is 11.6. The van der Waals surface area contributed by atoms with Crippen LogP contribution in [-0.2, 0) is 0 Å². The summed E-state index contributed by atoms with van der Waals surface area (Å²) in [6, 6.07) is 27.7. The normalized spacial score (nSPS) is 15.7. The molecule has 0 N–H and O–H groups in total. The fraction of sp³-hybridized carbons (Fsp3) is 0.360. The standard InChI is InChI=1S/C50H54N4O/c1-32(2)38-25-26-51-47(27-38)54-45-22-13-12-21-43(45)44-24-23-42(29-46(44)54)55-41-20-14-19-40(28-41)53-31-39(30-52-53)50-48(36-15-8-6-9-16-36)34(4)33(3)35(5)49(50)37-17-10-7-11-18-37/h12-14,19-32,36-37H,6-11,15-18H2,1-5H3. The van der Waals surface area contributed by atoms with Gasteiger partial charge in [-0.15, -0.1) is 0 Å². The van der Waals surface area contributed by atoms with Crippen molar-refractivity contribution in [3.05, 3.63) is 131 Å². The van der Waals surface area contributed by atoms with E-state index in [0.717, 1.165) is 34.0 Å². The van der Waals surface area contributed by atoms with Gasteiger partial charge in [0.2, 0.25) is 0 Å². The minimum absolute atomic E-state index is 0.412. The highest BCUT2D eigenvalue weighted by Crippen LogP contribution is 2.49. The quantitative estimate of drug-likeness (QED) is 0.157. The number of ether oxygens (including phenoxy) is 1. The van der Waals surface area contributed by atoms with Crippen LogP contribution >= 0.6 is 0 Å². The number of benzene rings is 4. The zero-order valence-corrected chi connectivity index (χ0v) is 33.2. The number of aromatic nitrogens is 4. The van der Waals surface area contributed by atoms with E-state index in [0.29, 0.717) is 17.8 Å². The first-order chi connectivity index (χ1) is 26.9. The van der Waals surface area contributed by atoms with Crippen molar-refractivity contribution < 1.29 is 4.74 Å². The first-order valence-electron chi connectivity index (χ1n) is 20.8. The van der Waals surface area contributed by atoms with Crippen LogP contribution in [0.3, 0.4) is 0 Å². The molecule has 5 heteroatoms. The first kappa shape index (κ1) is 35.5. The van der Waals surface area contributed by atoms with E-state index in [2.05, 4.69) is 129 Å². The van der Waals surface area contributed by atoms with Crippen molar-refractivity contribution in [1.29, 1.82) is 0 Å². The van der Waals surface area contributed by atoms with E-state index < -0.39 is 0 Å². The number of rotatable bonds is 8. The summed E-state index contributed by atoms with van der Waals surface area (Å²) in [6.07, 6.45) is 19.6. The monoisotopic (exact) mass is 726 g/mol. The molecule has 0 aliphatic heterocycles. The van der Waals surface area contributed by atoms with E-state index in [1.807, 2.05) is 12.3 Å². The Bertz CT molecular complexity index is 2460. The van der Waals surface area contributed by atoms with E-state index in [-0.39, 0.29) is 0 Å². The van der Waals surface area contributed by atoms with E-state index >= 15 is 0 Å². The third-order valence-corrected chi connectivity index (χ3v) is 13.0. The summed E-state index contributed by atoms with van der Waals surface area (Å²) in [5, 5.41) is 7.43. The van der Waals surface area contributed by atoms with Gasteiger partial charge in [0.05, 0.1) is 22.9 Å². The fourth-order valence-electron chi connectivity index (χ4n) is 9.91. The molecule has 2 aliphatic rings. The Kier molecular flexibility index (Phi) is 9.58. The van der Waals surface area contributed by atoms with Gasteiger partial charge in [-0.05, 0) is 146 Å². The Morgan fingerprint density at radius 2 is 1.33 bits per heavy atom. The Morgan fingerprint density at radius 3 is 2.04 bits per heavy atom. The summed E-state index contributed by atoms with van der Waals surface area (Å²) < 4.78 is 11.0. The van der Waals surface area contributed by atoms with Crippen LogP contribution < -0.4 is 4.74 Å². The third-order valence-electron chi connectivity index (χ3n) is 13.0. The molecule has 0 spiro atoms. The van der Waals surface area contributed by atoms with Gasteiger partial charge in [0.15, 0.2) is 0 Å². The Hall–Kier alpha value is -5.16. The van der Waals surface area contributed by atoms with Crippen molar-refractivity contribution >= 4 is 21.8 Å². The predicted molar refractivity (Wildman–Crippen MR) is 228 cm³/mol. The molecule has 0 saturated heterocycles. The summed E-state index contributed by atoms with van der Waals surface area (Å²) in [5.41, 5.74) is 14.9. The van der Waals surface area contributed by atoms with E-state index in [4.69, 9.17) is 14.8 Å². The summed E-state index contributed by atoms with van der Waals surface area (Å²) in [4.78, 5) is 4.84. The molecule has 0 radical (unpaired) electrons. The molecule has 280 valence electrons. The predicted octanol–water partition coefficient (Wildman–Crippen LogP) is 14.0. The molecule has 55 heavy (non-hydrogen) atoms. The lowest BCUT2D eigenvalue weighted by Crippen LogP contribution is -2.15. The highest BCUT2D eigenvalue weighted by molar-refractivity contribution is 6.09. The van der Waals surface area contributed by atoms with Crippen LogP contribution in [-0.4, -0.2) is 19.3 Å². The average molecular weight is 727 g/mol. The van der Waals surface area contributed by atoms with Crippen LogP contribution in [0, 0.1) is 20.8 Å². The number of hydrogen-bond acceptors (Lipinski definition) is 3. The zero-order chi connectivity index (χ0) is 37.6. The number of para-hydroxylation sites is 1. The molecule has 3 heterocycles. The molecule has 0 amide bonds. The molecule has 4 aromatic carbocycles. The molecule has 9 rings (SSSR count). The smallest absolute Gasteiger partial charge is 0.137 e. The maximum atomic E-state index is 6.66. The van der Waals surface area contributed by atoms with Crippen molar-refractivity contribution in [2.45, 2.75) is 117 Å². The molecular formula is C50H54N4O. The largest absolute Gasteiger partial charge is 0.457 e. The van der Waals surface area contributed by atoms with Gasteiger partial charge in [-0.3, -0.25) is 4.57 Å². The van der Waals surface area contributed by atoms with Gasteiger partial charge >= 0.3 is 0 Å². The lowest BCUT2D eigenvalue weighted by Gasteiger charge is -2.33. The second-order valence-electron chi connectivity index (χ2n) is 16.7. The van der Waals surface area contributed by atoms with E-state index in [1.54, 1.807) is 11.1 Å². The molecule has 3 aromatic heterocycles. The number of nitrogens with zero attached hydrogens (tertiary/aromatic N) is 4. The molecular weight excluding hydrogens is 673 g/mol. The van der Waals surface area contributed by atoms with Crippen LogP contribution in [0.4, 0.5) is 0 Å². The number of pyridine rings is 1. The van der Waals surface area contributed by atoms with Crippen molar-refractivity contribution in [2.24, 2.45) is 0 Å². The van der Waals surface area contributed by atoms with E-state index in [9.17, 15) is 0 Å². The Morgan fingerprint density at radius 1 is 0.655 bits per heavy atom. The van der Waals surface area contributed by atoms with Gasteiger partial charge < -0.3 is 4.74 Å². The van der Waals surface area contributed by atoms with Crippen LogP contribution in [0.15, 0.2) is 97.5 Å². The van der Waals surface area contributed by atoms with Gasteiger partial charge in [0.1, 0.15) is 17.3 Å². The lowest BCUT2D eigenvalue weighted by molar-refractivity contribution is 0.434. The van der Waals surface area contributed by atoms with Gasteiger partial charge in [-0.2, -0.15) is 5.10 Å². The summed E-state index contributed by atoms with van der Waals surface area (Å²) >= 11 is 0. The van der Waals surface area contributed by atoms with E-state index in [1.165, 1.54) is 108 Å². The molecule has 0 bridgehead atoms. The van der Waals surface area contributed by atoms with Gasteiger partial charge in [-0.25, -0.2) is 9.67 Å². The maximum absolute atomic E-state index is 6.66. The third kappa shape index (κ3) is 6.56. The highest BCUT2D eigenvalue weighted by atomic mass is 16.5.